The Morgan fingerprint density at radius 1 is 1.25 bits per heavy atom. The summed E-state index contributed by atoms with van der Waals surface area (Å²) in [6.45, 7) is 3.34. The Hall–Kier alpha value is -2.45. The molecule has 0 unspecified atom stereocenters. The van der Waals surface area contributed by atoms with E-state index in [-0.39, 0.29) is 31.8 Å². The predicted molar refractivity (Wildman–Crippen MR) is 109 cm³/mol. The number of hydrogen-bond donors (Lipinski definition) is 2. The Labute approximate surface area is 185 Å². The molecular formula is C24H28O8. The van der Waals surface area contributed by atoms with Crippen molar-refractivity contribution in [2.45, 2.75) is 69.4 Å². The van der Waals surface area contributed by atoms with Crippen molar-refractivity contribution < 1.29 is 38.8 Å². The average Bonchev–Trinajstić information content (AvgIpc) is 3.20. The van der Waals surface area contributed by atoms with Crippen molar-refractivity contribution in [3.8, 4) is 0 Å². The third kappa shape index (κ3) is 2.32. The molecule has 5 rings (SSSR count). The highest BCUT2D eigenvalue weighted by molar-refractivity contribution is 5.90. The van der Waals surface area contributed by atoms with Crippen LogP contribution < -0.4 is 0 Å². The van der Waals surface area contributed by atoms with Gasteiger partial charge in [0.15, 0.2) is 12.2 Å². The summed E-state index contributed by atoms with van der Waals surface area (Å²) in [6, 6.07) is 9.40. The molecule has 2 saturated carbocycles. The number of rotatable bonds is 4. The summed E-state index contributed by atoms with van der Waals surface area (Å²) in [4.78, 5) is 38.8. The standard InChI is InChI=1S/C24H28O8/c1-14-10-11-23(29)21(2)13-30-20(28)24(21,16-12-22(14,23)18(26)19(27)31-16)32-17(25)9-8-15-6-4-3-5-7-15/h3-7,14,16,18,26,29H,8-13H2,1-2H3/t14-,16-,18+,21+,22+,23+,24-/m1/s1. The van der Waals surface area contributed by atoms with Crippen molar-refractivity contribution in [1.29, 1.82) is 0 Å². The normalized spacial score (nSPS) is 44.3. The summed E-state index contributed by atoms with van der Waals surface area (Å²) in [7, 11) is 0. The highest BCUT2D eigenvalue weighted by Crippen LogP contribution is 2.72. The molecular weight excluding hydrogens is 416 g/mol. The van der Waals surface area contributed by atoms with Crippen LogP contribution in [0.2, 0.25) is 0 Å². The quantitative estimate of drug-likeness (QED) is 0.527. The van der Waals surface area contributed by atoms with Gasteiger partial charge in [0.05, 0.1) is 11.0 Å². The van der Waals surface area contributed by atoms with Crippen LogP contribution >= 0.6 is 0 Å². The number of cyclic esters (lactones) is 1. The molecule has 0 amide bonds. The molecule has 7 atom stereocenters. The first-order chi connectivity index (χ1) is 15.1. The van der Waals surface area contributed by atoms with Crippen LogP contribution in [0.1, 0.15) is 45.1 Å². The van der Waals surface area contributed by atoms with Crippen LogP contribution in [0.3, 0.4) is 0 Å². The summed E-state index contributed by atoms with van der Waals surface area (Å²) in [5.41, 5.74) is -5.25. The van der Waals surface area contributed by atoms with Gasteiger partial charge in [-0.25, -0.2) is 9.59 Å². The second-order valence-corrected chi connectivity index (χ2v) is 9.98. The van der Waals surface area contributed by atoms with Crippen LogP contribution in [0.5, 0.6) is 0 Å². The van der Waals surface area contributed by atoms with Gasteiger partial charge in [0, 0.05) is 18.3 Å². The number of esters is 3. The monoisotopic (exact) mass is 444 g/mol. The molecule has 172 valence electrons. The van der Waals surface area contributed by atoms with Crippen LogP contribution in [0.15, 0.2) is 30.3 Å². The zero-order chi connectivity index (χ0) is 22.9. The maximum Gasteiger partial charge on any atom is 0.355 e. The minimum absolute atomic E-state index is 0.0123. The van der Waals surface area contributed by atoms with Crippen molar-refractivity contribution in [3.05, 3.63) is 35.9 Å². The number of fused-ring (bicyclic) bond motifs is 4. The Morgan fingerprint density at radius 3 is 2.69 bits per heavy atom. The van der Waals surface area contributed by atoms with Gasteiger partial charge in [-0.05, 0) is 37.7 Å². The zero-order valence-corrected chi connectivity index (χ0v) is 18.2. The van der Waals surface area contributed by atoms with Crippen molar-refractivity contribution >= 4 is 17.9 Å². The molecule has 4 aliphatic rings. The van der Waals surface area contributed by atoms with Gasteiger partial charge < -0.3 is 24.4 Å². The number of carbonyl (C=O) groups is 3. The molecule has 1 aromatic carbocycles. The number of benzene rings is 1. The maximum atomic E-state index is 13.2. The van der Waals surface area contributed by atoms with Crippen LogP contribution in [-0.4, -0.2) is 58.1 Å². The highest BCUT2D eigenvalue weighted by atomic mass is 16.6. The molecule has 32 heavy (non-hydrogen) atoms. The number of hydrogen-bond acceptors (Lipinski definition) is 8. The van der Waals surface area contributed by atoms with Crippen molar-refractivity contribution in [3.63, 3.8) is 0 Å². The van der Waals surface area contributed by atoms with Crippen molar-refractivity contribution in [1.82, 2.24) is 0 Å². The molecule has 1 aromatic rings. The molecule has 2 heterocycles. The molecule has 1 spiro atoms. The van der Waals surface area contributed by atoms with Gasteiger partial charge in [-0.2, -0.15) is 0 Å². The Morgan fingerprint density at radius 2 is 1.97 bits per heavy atom. The van der Waals surface area contributed by atoms with E-state index in [2.05, 4.69) is 0 Å². The van der Waals surface area contributed by atoms with Gasteiger partial charge >= 0.3 is 17.9 Å². The number of carbonyl (C=O) groups excluding carboxylic acids is 3. The second kappa shape index (κ2) is 6.78. The van der Waals surface area contributed by atoms with Crippen LogP contribution in [0.25, 0.3) is 0 Å². The Bertz CT molecular complexity index is 977. The number of aryl methyl sites for hydroxylation is 1. The summed E-state index contributed by atoms with van der Waals surface area (Å²) < 4.78 is 16.8. The second-order valence-electron chi connectivity index (χ2n) is 9.98. The average molecular weight is 444 g/mol. The van der Waals surface area contributed by atoms with E-state index in [9.17, 15) is 24.6 Å². The number of ether oxygens (including phenoxy) is 3. The molecule has 2 aliphatic carbocycles. The highest BCUT2D eigenvalue weighted by Gasteiger charge is 2.87. The minimum atomic E-state index is -1.96. The zero-order valence-electron chi connectivity index (χ0n) is 18.2. The lowest BCUT2D eigenvalue weighted by Gasteiger charge is -2.64. The first kappa shape index (κ1) is 21.4. The first-order valence-electron chi connectivity index (χ1n) is 11.2. The summed E-state index contributed by atoms with van der Waals surface area (Å²) in [5, 5.41) is 23.0. The van der Waals surface area contributed by atoms with E-state index in [1.165, 1.54) is 0 Å². The molecule has 0 aromatic heterocycles. The van der Waals surface area contributed by atoms with E-state index in [1.807, 2.05) is 37.3 Å². The molecule has 2 aliphatic heterocycles. The van der Waals surface area contributed by atoms with Gasteiger partial charge in [-0.15, -0.1) is 0 Å². The largest absolute Gasteiger partial charge is 0.462 e. The SMILES string of the molecule is C[C@@H]1CC[C@@]2(O)[C@@]13C[C@@H](OC(=O)[C@@H]3O)[C@@]1(OC(=O)CCc3ccccc3)C(=O)OC[C@@]21C. The third-order valence-corrected chi connectivity index (χ3v) is 8.80. The van der Waals surface area contributed by atoms with E-state index in [4.69, 9.17) is 14.2 Å². The van der Waals surface area contributed by atoms with Crippen molar-refractivity contribution in [2.75, 3.05) is 6.61 Å². The summed E-state index contributed by atoms with van der Waals surface area (Å²) in [6.07, 6.45) is -1.42. The maximum absolute atomic E-state index is 13.2. The fourth-order valence-electron chi connectivity index (χ4n) is 6.98. The molecule has 4 fully saturated rings. The van der Waals surface area contributed by atoms with Crippen LogP contribution in [-0.2, 0) is 35.0 Å². The van der Waals surface area contributed by atoms with E-state index in [0.29, 0.717) is 12.8 Å². The lowest BCUT2D eigenvalue weighted by molar-refractivity contribution is -0.322. The number of aliphatic hydroxyl groups is 2. The fourth-order valence-corrected chi connectivity index (χ4v) is 6.98. The first-order valence-corrected chi connectivity index (χ1v) is 11.2. The molecule has 2 N–H and O–H groups in total. The smallest absolute Gasteiger partial charge is 0.355 e. The van der Waals surface area contributed by atoms with E-state index < -0.39 is 52.1 Å². The van der Waals surface area contributed by atoms with Crippen LogP contribution in [0, 0.1) is 16.7 Å². The van der Waals surface area contributed by atoms with E-state index in [1.54, 1.807) is 6.92 Å². The molecule has 8 nitrogen and oxygen atoms in total. The Balaban J connectivity index is 1.54. The lowest BCUT2D eigenvalue weighted by Crippen LogP contribution is -2.81. The van der Waals surface area contributed by atoms with Crippen LogP contribution in [0.4, 0.5) is 0 Å². The molecule has 2 saturated heterocycles. The molecule has 0 radical (unpaired) electrons. The molecule has 8 heteroatoms. The third-order valence-electron chi connectivity index (χ3n) is 8.80. The molecule has 2 bridgehead atoms. The van der Waals surface area contributed by atoms with Crippen molar-refractivity contribution in [2.24, 2.45) is 16.7 Å². The van der Waals surface area contributed by atoms with E-state index >= 15 is 0 Å². The number of aliphatic hydroxyl groups excluding tert-OH is 1. The van der Waals surface area contributed by atoms with Gasteiger partial charge in [-0.3, -0.25) is 4.79 Å². The predicted octanol–water partition coefficient (Wildman–Crippen LogP) is 1.30. The Kier molecular flexibility index (Phi) is 4.53. The van der Waals surface area contributed by atoms with Gasteiger partial charge in [-0.1, -0.05) is 37.3 Å². The van der Waals surface area contributed by atoms with Gasteiger partial charge in [0.25, 0.3) is 5.60 Å². The minimum Gasteiger partial charge on any atom is -0.462 e. The van der Waals surface area contributed by atoms with Gasteiger partial charge in [0.2, 0.25) is 0 Å². The summed E-state index contributed by atoms with van der Waals surface area (Å²) >= 11 is 0. The van der Waals surface area contributed by atoms with Gasteiger partial charge in [0.1, 0.15) is 6.61 Å². The van der Waals surface area contributed by atoms with E-state index in [0.717, 1.165) is 5.56 Å². The topological polar surface area (TPSA) is 119 Å². The fraction of sp³-hybridized carbons (Fsp3) is 0.625. The summed E-state index contributed by atoms with van der Waals surface area (Å²) in [5.74, 6) is -2.56. The lowest BCUT2D eigenvalue weighted by atomic mass is 9.44.